The van der Waals surface area contributed by atoms with Crippen molar-refractivity contribution in [1.82, 2.24) is 5.32 Å². The molecule has 13 heavy (non-hydrogen) atoms. The second-order valence-corrected chi connectivity index (χ2v) is 3.82. The van der Waals surface area contributed by atoms with Gasteiger partial charge in [0.2, 0.25) is 0 Å². The van der Waals surface area contributed by atoms with E-state index in [1.807, 2.05) is 0 Å². The number of piperidine rings is 1. The lowest BCUT2D eigenvalue weighted by molar-refractivity contribution is 0.374. The number of halogens is 1. The molecular weight excluding hydrogens is 182 g/mol. The summed E-state index contributed by atoms with van der Waals surface area (Å²) in [6.07, 6.45) is 11.2. The zero-order valence-corrected chi connectivity index (χ0v) is 9.57. The molecular formula is C11H22ClN. The summed E-state index contributed by atoms with van der Waals surface area (Å²) in [6.45, 7) is 4.50. The van der Waals surface area contributed by atoms with E-state index in [0.29, 0.717) is 6.04 Å². The van der Waals surface area contributed by atoms with Crippen molar-refractivity contribution in [3.8, 4) is 0 Å². The number of hydrogen-bond donors (Lipinski definition) is 1. The summed E-state index contributed by atoms with van der Waals surface area (Å²) in [5.74, 6) is 0. The molecule has 2 heteroatoms. The van der Waals surface area contributed by atoms with Crippen LogP contribution in [0.25, 0.3) is 0 Å². The summed E-state index contributed by atoms with van der Waals surface area (Å²) in [5, 5.41) is 3.59. The molecule has 0 spiro atoms. The van der Waals surface area contributed by atoms with Crippen molar-refractivity contribution < 1.29 is 0 Å². The average Bonchev–Trinajstić information content (AvgIpc) is 2.05. The molecule has 0 aromatic carbocycles. The SMILES string of the molecule is CCC/C=C/[C@@H]1CCC[C@@H](C)N1.Cl. The number of hydrogen-bond acceptors (Lipinski definition) is 1. The van der Waals surface area contributed by atoms with Gasteiger partial charge >= 0.3 is 0 Å². The van der Waals surface area contributed by atoms with Crippen LogP contribution in [0.5, 0.6) is 0 Å². The van der Waals surface area contributed by atoms with Crippen LogP contribution < -0.4 is 5.32 Å². The van der Waals surface area contributed by atoms with Crippen molar-refractivity contribution >= 4 is 12.4 Å². The Balaban J connectivity index is 0.00000144. The minimum absolute atomic E-state index is 0. The molecule has 78 valence electrons. The second-order valence-electron chi connectivity index (χ2n) is 3.82. The summed E-state index contributed by atoms with van der Waals surface area (Å²) in [4.78, 5) is 0. The highest BCUT2D eigenvalue weighted by Crippen LogP contribution is 2.13. The average molecular weight is 204 g/mol. The van der Waals surface area contributed by atoms with E-state index in [9.17, 15) is 0 Å². The van der Waals surface area contributed by atoms with Gasteiger partial charge < -0.3 is 5.32 Å². The van der Waals surface area contributed by atoms with Crippen molar-refractivity contribution in [3.63, 3.8) is 0 Å². The van der Waals surface area contributed by atoms with Gasteiger partial charge in [0.1, 0.15) is 0 Å². The molecule has 1 heterocycles. The zero-order chi connectivity index (χ0) is 8.81. The molecule has 1 fully saturated rings. The molecule has 0 aromatic heterocycles. The lowest BCUT2D eigenvalue weighted by atomic mass is 9.99. The third-order valence-corrected chi connectivity index (χ3v) is 2.47. The van der Waals surface area contributed by atoms with E-state index in [4.69, 9.17) is 0 Å². The summed E-state index contributed by atoms with van der Waals surface area (Å²) in [7, 11) is 0. The number of nitrogens with one attached hydrogen (secondary N) is 1. The Kier molecular flexibility index (Phi) is 7.39. The first-order valence-electron chi connectivity index (χ1n) is 5.25. The number of unbranched alkanes of at least 4 members (excludes halogenated alkanes) is 1. The molecule has 0 saturated carbocycles. The van der Waals surface area contributed by atoms with E-state index in [-0.39, 0.29) is 12.4 Å². The van der Waals surface area contributed by atoms with Gasteiger partial charge in [-0.05, 0) is 26.2 Å². The Hall–Kier alpha value is -0.0100. The zero-order valence-electron chi connectivity index (χ0n) is 8.75. The summed E-state index contributed by atoms with van der Waals surface area (Å²) >= 11 is 0. The van der Waals surface area contributed by atoms with Gasteiger partial charge in [-0.2, -0.15) is 0 Å². The van der Waals surface area contributed by atoms with Gasteiger partial charge in [-0.3, -0.25) is 0 Å². The molecule has 0 radical (unpaired) electrons. The van der Waals surface area contributed by atoms with Crippen LogP contribution in [0.4, 0.5) is 0 Å². The summed E-state index contributed by atoms with van der Waals surface area (Å²) < 4.78 is 0. The van der Waals surface area contributed by atoms with Crippen LogP contribution in [0.1, 0.15) is 46.0 Å². The highest BCUT2D eigenvalue weighted by atomic mass is 35.5. The van der Waals surface area contributed by atoms with Crippen molar-refractivity contribution in [3.05, 3.63) is 12.2 Å². The number of allylic oxidation sites excluding steroid dienone is 1. The maximum atomic E-state index is 3.59. The minimum atomic E-state index is 0. The van der Waals surface area contributed by atoms with E-state index in [2.05, 4.69) is 31.3 Å². The van der Waals surface area contributed by atoms with Gasteiger partial charge in [0, 0.05) is 12.1 Å². The Morgan fingerprint density at radius 3 is 2.77 bits per heavy atom. The molecule has 2 atom stereocenters. The van der Waals surface area contributed by atoms with Crippen molar-refractivity contribution in [2.75, 3.05) is 0 Å². The third kappa shape index (κ3) is 5.33. The fourth-order valence-electron chi connectivity index (χ4n) is 1.76. The monoisotopic (exact) mass is 203 g/mol. The van der Waals surface area contributed by atoms with E-state index < -0.39 is 0 Å². The van der Waals surface area contributed by atoms with Crippen LogP contribution >= 0.6 is 12.4 Å². The van der Waals surface area contributed by atoms with Crippen LogP contribution in [0, 0.1) is 0 Å². The predicted octanol–water partition coefficient (Wildman–Crippen LogP) is 3.30. The minimum Gasteiger partial charge on any atom is -0.308 e. The first kappa shape index (κ1) is 13.0. The van der Waals surface area contributed by atoms with Gasteiger partial charge in [-0.1, -0.05) is 31.9 Å². The van der Waals surface area contributed by atoms with Crippen LogP contribution in [0.15, 0.2) is 12.2 Å². The molecule has 1 aliphatic heterocycles. The lowest BCUT2D eigenvalue weighted by Gasteiger charge is -2.26. The van der Waals surface area contributed by atoms with Gasteiger partial charge in [-0.25, -0.2) is 0 Å². The quantitative estimate of drug-likeness (QED) is 0.695. The highest BCUT2D eigenvalue weighted by molar-refractivity contribution is 5.85. The van der Waals surface area contributed by atoms with E-state index in [0.717, 1.165) is 6.04 Å². The van der Waals surface area contributed by atoms with E-state index in [1.54, 1.807) is 0 Å². The molecule has 1 nitrogen and oxygen atoms in total. The van der Waals surface area contributed by atoms with Crippen LogP contribution in [-0.2, 0) is 0 Å². The van der Waals surface area contributed by atoms with Crippen molar-refractivity contribution in [2.45, 2.75) is 58.0 Å². The lowest BCUT2D eigenvalue weighted by Crippen LogP contribution is -2.39. The topological polar surface area (TPSA) is 12.0 Å². The summed E-state index contributed by atoms with van der Waals surface area (Å²) in [6, 6.07) is 1.37. The van der Waals surface area contributed by atoms with Gasteiger partial charge in [0.25, 0.3) is 0 Å². The first-order valence-corrected chi connectivity index (χ1v) is 5.25. The Bertz CT molecular complexity index is 145. The Labute approximate surface area is 88.4 Å². The van der Waals surface area contributed by atoms with Gasteiger partial charge in [0.05, 0.1) is 0 Å². The van der Waals surface area contributed by atoms with Gasteiger partial charge in [-0.15, -0.1) is 12.4 Å². The maximum Gasteiger partial charge on any atom is 0.0252 e. The smallest absolute Gasteiger partial charge is 0.0252 e. The molecule has 1 aliphatic rings. The molecule has 0 aliphatic carbocycles. The normalized spacial score (nSPS) is 28.8. The van der Waals surface area contributed by atoms with Gasteiger partial charge in [0.15, 0.2) is 0 Å². The molecule has 0 unspecified atom stereocenters. The molecule has 0 aromatic rings. The Morgan fingerprint density at radius 2 is 2.15 bits per heavy atom. The fourth-order valence-corrected chi connectivity index (χ4v) is 1.76. The maximum absolute atomic E-state index is 3.59. The van der Waals surface area contributed by atoms with Crippen LogP contribution in [0.2, 0.25) is 0 Å². The largest absolute Gasteiger partial charge is 0.308 e. The van der Waals surface area contributed by atoms with E-state index >= 15 is 0 Å². The van der Waals surface area contributed by atoms with Crippen LogP contribution in [0.3, 0.4) is 0 Å². The molecule has 1 saturated heterocycles. The van der Waals surface area contributed by atoms with Crippen molar-refractivity contribution in [1.29, 1.82) is 0 Å². The Morgan fingerprint density at radius 1 is 1.38 bits per heavy atom. The third-order valence-electron chi connectivity index (χ3n) is 2.47. The van der Waals surface area contributed by atoms with E-state index in [1.165, 1.54) is 32.1 Å². The molecule has 0 bridgehead atoms. The molecule has 1 N–H and O–H groups in total. The molecule has 0 amide bonds. The first-order chi connectivity index (χ1) is 5.83. The number of rotatable bonds is 3. The second kappa shape index (κ2) is 7.40. The highest BCUT2D eigenvalue weighted by Gasteiger charge is 2.14. The molecule has 1 rings (SSSR count). The predicted molar refractivity (Wildman–Crippen MR) is 61.5 cm³/mol. The summed E-state index contributed by atoms with van der Waals surface area (Å²) in [5.41, 5.74) is 0. The standard InChI is InChI=1S/C11H21N.ClH/c1-3-4-5-8-11-9-6-7-10(2)12-11;/h5,8,10-12H,3-4,6-7,9H2,1-2H3;1H/b8-5+;/t10-,11-;/m1./s1. The van der Waals surface area contributed by atoms with Crippen LogP contribution in [-0.4, -0.2) is 12.1 Å². The fraction of sp³-hybridized carbons (Fsp3) is 0.818. The van der Waals surface area contributed by atoms with Crippen molar-refractivity contribution in [2.24, 2.45) is 0 Å².